The fourth-order valence-corrected chi connectivity index (χ4v) is 1.79. The molecule has 0 aliphatic carbocycles. The zero-order valence-electron chi connectivity index (χ0n) is 10.7. The van der Waals surface area contributed by atoms with Crippen molar-refractivity contribution >= 4 is 11.6 Å². The first-order valence-electron chi connectivity index (χ1n) is 6.01. The van der Waals surface area contributed by atoms with Crippen molar-refractivity contribution in [3.63, 3.8) is 0 Å². The number of rotatable bonds is 3. The van der Waals surface area contributed by atoms with Crippen LogP contribution < -0.4 is 5.32 Å². The molecule has 3 rings (SSSR count). The second-order valence-electron chi connectivity index (χ2n) is 4.13. The van der Waals surface area contributed by atoms with Crippen LogP contribution in [0.2, 0.25) is 0 Å². The molecular formula is C14H9FN4O2. The summed E-state index contributed by atoms with van der Waals surface area (Å²) >= 11 is 0. The van der Waals surface area contributed by atoms with Gasteiger partial charge in [0.25, 0.3) is 5.91 Å². The van der Waals surface area contributed by atoms with Gasteiger partial charge in [0.1, 0.15) is 0 Å². The Hall–Kier alpha value is -3.09. The van der Waals surface area contributed by atoms with Crippen molar-refractivity contribution < 1.29 is 13.6 Å². The van der Waals surface area contributed by atoms with E-state index in [4.69, 9.17) is 4.42 Å². The van der Waals surface area contributed by atoms with Crippen LogP contribution in [0, 0.1) is 5.82 Å². The SMILES string of the molecule is O=C(Nc1cccc(-c2nnco2)c1)c1ccncc1F. The summed E-state index contributed by atoms with van der Waals surface area (Å²) < 4.78 is 18.6. The third-order valence-electron chi connectivity index (χ3n) is 2.74. The number of aromatic nitrogens is 3. The van der Waals surface area contributed by atoms with Crippen molar-refractivity contribution in [2.45, 2.75) is 0 Å². The van der Waals surface area contributed by atoms with Crippen LogP contribution in [0.5, 0.6) is 0 Å². The average Bonchev–Trinajstić information content (AvgIpc) is 3.02. The number of hydrogen-bond donors (Lipinski definition) is 1. The maximum absolute atomic E-state index is 13.5. The van der Waals surface area contributed by atoms with Gasteiger partial charge in [-0.15, -0.1) is 10.2 Å². The van der Waals surface area contributed by atoms with E-state index in [0.29, 0.717) is 17.1 Å². The van der Waals surface area contributed by atoms with Crippen molar-refractivity contribution in [2.24, 2.45) is 0 Å². The number of halogens is 1. The third-order valence-corrected chi connectivity index (χ3v) is 2.74. The molecule has 1 amide bonds. The number of pyridine rings is 1. The van der Waals surface area contributed by atoms with Gasteiger partial charge in [0.15, 0.2) is 5.82 Å². The van der Waals surface area contributed by atoms with E-state index in [1.54, 1.807) is 24.3 Å². The fourth-order valence-electron chi connectivity index (χ4n) is 1.79. The largest absolute Gasteiger partial charge is 0.423 e. The van der Waals surface area contributed by atoms with Crippen LogP contribution in [0.25, 0.3) is 11.5 Å². The zero-order valence-corrected chi connectivity index (χ0v) is 10.7. The molecule has 0 saturated carbocycles. The van der Waals surface area contributed by atoms with E-state index in [1.807, 2.05) is 0 Å². The van der Waals surface area contributed by atoms with Crippen LogP contribution in [0.3, 0.4) is 0 Å². The number of carbonyl (C=O) groups excluding carboxylic acids is 1. The van der Waals surface area contributed by atoms with Gasteiger partial charge >= 0.3 is 0 Å². The van der Waals surface area contributed by atoms with Crippen LogP contribution >= 0.6 is 0 Å². The van der Waals surface area contributed by atoms with Crippen LogP contribution in [-0.2, 0) is 0 Å². The minimum Gasteiger partial charge on any atom is -0.423 e. The molecule has 0 aliphatic rings. The van der Waals surface area contributed by atoms with Gasteiger partial charge < -0.3 is 9.73 Å². The zero-order chi connectivity index (χ0) is 14.7. The molecule has 0 spiro atoms. The van der Waals surface area contributed by atoms with E-state index < -0.39 is 11.7 Å². The number of anilines is 1. The number of amides is 1. The molecule has 0 saturated heterocycles. The summed E-state index contributed by atoms with van der Waals surface area (Å²) in [5, 5.41) is 9.97. The Bertz CT molecular complexity index is 774. The molecule has 1 N–H and O–H groups in total. The van der Waals surface area contributed by atoms with Gasteiger partial charge in [0.05, 0.1) is 11.8 Å². The molecule has 2 heterocycles. The van der Waals surface area contributed by atoms with Crippen molar-refractivity contribution in [1.29, 1.82) is 0 Å². The molecule has 21 heavy (non-hydrogen) atoms. The molecule has 0 unspecified atom stereocenters. The molecule has 0 fully saturated rings. The summed E-state index contributed by atoms with van der Waals surface area (Å²) in [6.07, 6.45) is 3.56. The van der Waals surface area contributed by atoms with Gasteiger partial charge in [-0.05, 0) is 24.3 Å². The van der Waals surface area contributed by atoms with Crippen LogP contribution in [0.4, 0.5) is 10.1 Å². The Balaban J connectivity index is 1.84. The summed E-state index contributed by atoms with van der Waals surface area (Å²) in [5.41, 5.74) is 1.07. The maximum atomic E-state index is 13.5. The molecule has 6 nitrogen and oxygen atoms in total. The number of hydrogen-bond acceptors (Lipinski definition) is 5. The lowest BCUT2D eigenvalue weighted by atomic mass is 10.2. The second-order valence-corrected chi connectivity index (χ2v) is 4.13. The third kappa shape index (κ3) is 2.76. The van der Waals surface area contributed by atoms with Gasteiger partial charge in [-0.3, -0.25) is 9.78 Å². The number of nitrogens with one attached hydrogen (secondary N) is 1. The Kier molecular flexibility index (Phi) is 3.38. The summed E-state index contributed by atoms with van der Waals surface area (Å²) in [6, 6.07) is 8.13. The van der Waals surface area contributed by atoms with Gasteiger partial charge in [-0.2, -0.15) is 0 Å². The summed E-state index contributed by atoms with van der Waals surface area (Å²) in [4.78, 5) is 15.6. The van der Waals surface area contributed by atoms with Gasteiger partial charge in [-0.1, -0.05) is 6.07 Å². The average molecular weight is 284 g/mol. The summed E-state index contributed by atoms with van der Waals surface area (Å²) in [7, 11) is 0. The normalized spacial score (nSPS) is 10.3. The Morgan fingerprint density at radius 3 is 2.95 bits per heavy atom. The maximum Gasteiger partial charge on any atom is 0.258 e. The Morgan fingerprint density at radius 1 is 1.29 bits per heavy atom. The molecule has 0 atom stereocenters. The van der Waals surface area contributed by atoms with E-state index >= 15 is 0 Å². The lowest BCUT2D eigenvalue weighted by Crippen LogP contribution is -2.13. The van der Waals surface area contributed by atoms with E-state index in [2.05, 4.69) is 20.5 Å². The molecule has 0 bridgehead atoms. The molecule has 7 heteroatoms. The molecule has 0 aliphatic heterocycles. The van der Waals surface area contributed by atoms with E-state index in [1.165, 1.54) is 18.7 Å². The highest BCUT2D eigenvalue weighted by atomic mass is 19.1. The van der Waals surface area contributed by atoms with Crippen LogP contribution in [0.1, 0.15) is 10.4 Å². The first-order valence-corrected chi connectivity index (χ1v) is 6.01. The minimum atomic E-state index is -0.678. The number of nitrogens with zero attached hydrogens (tertiary/aromatic N) is 3. The van der Waals surface area contributed by atoms with Gasteiger partial charge in [-0.25, -0.2) is 4.39 Å². The smallest absolute Gasteiger partial charge is 0.258 e. The van der Waals surface area contributed by atoms with E-state index in [0.717, 1.165) is 6.20 Å². The highest BCUT2D eigenvalue weighted by Gasteiger charge is 2.12. The quantitative estimate of drug-likeness (QED) is 0.799. The summed E-state index contributed by atoms with van der Waals surface area (Å²) in [6.45, 7) is 0. The van der Waals surface area contributed by atoms with Crippen molar-refractivity contribution in [2.75, 3.05) is 5.32 Å². The molecule has 104 valence electrons. The molecule has 3 aromatic rings. The van der Waals surface area contributed by atoms with Gasteiger partial charge in [0.2, 0.25) is 12.3 Å². The fraction of sp³-hybridized carbons (Fsp3) is 0. The molecule has 1 aromatic carbocycles. The Labute approximate surface area is 118 Å². The van der Waals surface area contributed by atoms with Crippen LogP contribution in [0.15, 0.2) is 53.5 Å². The summed E-state index contributed by atoms with van der Waals surface area (Å²) in [5.74, 6) is -0.901. The molecular weight excluding hydrogens is 275 g/mol. The van der Waals surface area contributed by atoms with Crippen molar-refractivity contribution in [3.8, 4) is 11.5 Å². The highest BCUT2D eigenvalue weighted by Crippen LogP contribution is 2.21. The lowest BCUT2D eigenvalue weighted by molar-refractivity contribution is 0.102. The predicted molar refractivity (Wildman–Crippen MR) is 71.9 cm³/mol. The predicted octanol–water partition coefficient (Wildman–Crippen LogP) is 2.52. The monoisotopic (exact) mass is 284 g/mol. The standard InChI is InChI=1S/C14H9FN4O2/c15-12-7-16-5-4-11(12)13(20)18-10-3-1-2-9(6-10)14-19-17-8-21-14/h1-8H,(H,18,20). The topological polar surface area (TPSA) is 80.9 Å². The number of carbonyl (C=O) groups is 1. The van der Waals surface area contributed by atoms with Crippen molar-refractivity contribution in [1.82, 2.24) is 15.2 Å². The second kappa shape index (κ2) is 5.49. The van der Waals surface area contributed by atoms with Crippen LogP contribution in [-0.4, -0.2) is 21.1 Å². The van der Waals surface area contributed by atoms with E-state index in [9.17, 15) is 9.18 Å². The highest BCUT2D eigenvalue weighted by molar-refractivity contribution is 6.04. The Morgan fingerprint density at radius 2 is 2.19 bits per heavy atom. The van der Waals surface area contributed by atoms with Crippen molar-refractivity contribution in [3.05, 3.63) is 60.5 Å². The molecule has 0 radical (unpaired) electrons. The van der Waals surface area contributed by atoms with Gasteiger partial charge in [0, 0.05) is 17.4 Å². The lowest BCUT2D eigenvalue weighted by Gasteiger charge is -2.06. The minimum absolute atomic E-state index is 0.0757. The first kappa shape index (κ1) is 12.9. The molecule has 2 aromatic heterocycles. The first-order chi connectivity index (χ1) is 10.2. The number of benzene rings is 1. The van der Waals surface area contributed by atoms with E-state index in [-0.39, 0.29) is 5.56 Å².